The van der Waals surface area contributed by atoms with E-state index in [-0.39, 0.29) is 0 Å². The monoisotopic (exact) mass is 836 g/mol. The molecule has 0 aliphatic rings. The number of thiophene rings is 2. The van der Waals surface area contributed by atoms with Gasteiger partial charge >= 0.3 is 0 Å². The molecule has 0 aliphatic carbocycles. The summed E-state index contributed by atoms with van der Waals surface area (Å²) in [6, 6.07) is 67.6. The first-order valence-electron chi connectivity index (χ1n) is 21.0. The predicted octanol–water partition coefficient (Wildman–Crippen LogP) is 16.0. The largest absolute Gasteiger partial charge is 0.309 e. The molecule has 0 atom stereocenters. The summed E-state index contributed by atoms with van der Waals surface area (Å²) in [7, 11) is 0. The summed E-state index contributed by atoms with van der Waals surface area (Å²) in [6.07, 6.45) is 0. The van der Waals surface area contributed by atoms with E-state index in [0.717, 1.165) is 61.3 Å². The molecule has 63 heavy (non-hydrogen) atoms. The Morgan fingerprint density at radius 2 is 0.873 bits per heavy atom. The van der Waals surface area contributed by atoms with Crippen molar-refractivity contribution in [3.63, 3.8) is 0 Å². The predicted molar refractivity (Wildman–Crippen MR) is 266 cm³/mol. The SMILES string of the molecule is Cc1cc(C#N)ccc1-c1ccc(-n2c3ccccc3c3c4sc5ccccc5c4ccc32)c(-c2cc(C#N)ccc2-n2c3ccccc3c3c4sc5ccccc5c4ccc32)c1. The topological polar surface area (TPSA) is 57.4 Å². The second-order valence-corrected chi connectivity index (χ2v) is 18.4. The van der Waals surface area contributed by atoms with Crippen LogP contribution in [-0.2, 0) is 0 Å². The van der Waals surface area contributed by atoms with Crippen LogP contribution >= 0.6 is 22.7 Å². The number of hydrogen-bond donors (Lipinski definition) is 0. The molecule has 0 radical (unpaired) electrons. The molecule has 0 N–H and O–H groups in total. The van der Waals surface area contributed by atoms with E-state index in [1.165, 1.54) is 61.9 Å². The van der Waals surface area contributed by atoms with Gasteiger partial charge in [0.2, 0.25) is 0 Å². The van der Waals surface area contributed by atoms with Crippen LogP contribution in [0.15, 0.2) is 176 Å². The summed E-state index contributed by atoms with van der Waals surface area (Å²) in [5, 5.41) is 30.3. The Bertz CT molecular complexity index is 4200. The van der Waals surface area contributed by atoms with E-state index in [1.807, 2.05) is 40.9 Å². The van der Waals surface area contributed by atoms with E-state index in [4.69, 9.17) is 0 Å². The van der Waals surface area contributed by atoms with Gasteiger partial charge in [-0.2, -0.15) is 10.5 Å². The van der Waals surface area contributed by atoms with Gasteiger partial charge in [0.1, 0.15) is 0 Å². The fraction of sp³-hybridized carbons (Fsp3) is 0.0175. The maximum absolute atomic E-state index is 10.6. The van der Waals surface area contributed by atoms with Crippen LogP contribution in [0.5, 0.6) is 0 Å². The van der Waals surface area contributed by atoms with E-state index in [9.17, 15) is 10.5 Å². The molecule has 0 saturated heterocycles. The van der Waals surface area contributed by atoms with Gasteiger partial charge in [-0.25, -0.2) is 0 Å². The molecule has 0 unspecified atom stereocenters. The number of nitriles is 2. The van der Waals surface area contributed by atoms with E-state index >= 15 is 0 Å². The number of aryl methyl sites for hydroxylation is 1. The molecule has 9 aromatic carbocycles. The molecule has 13 rings (SSSR count). The van der Waals surface area contributed by atoms with Gasteiger partial charge in [-0.15, -0.1) is 22.7 Å². The molecule has 4 nitrogen and oxygen atoms in total. The molecule has 0 saturated carbocycles. The fourth-order valence-electron chi connectivity index (χ4n) is 10.2. The Labute approximate surface area is 369 Å². The number of nitrogens with zero attached hydrogens (tertiary/aromatic N) is 4. The van der Waals surface area contributed by atoms with Crippen molar-refractivity contribution >= 4 is 107 Å². The average Bonchev–Trinajstić information content (AvgIpc) is 4.09. The van der Waals surface area contributed by atoms with Crippen LogP contribution in [0.4, 0.5) is 0 Å². The number of aromatic nitrogens is 2. The quantitative estimate of drug-likeness (QED) is 0.177. The van der Waals surface area contributed by atoms with Gasteiger partial charge in [0.25, 0.3) is 0 Å². The van der Waals surface area contributed by atoms with Crippen molar-refractivity contribution in [1.29, 1.82) is 10.5 Å². The molecular weight excluding hydrogens is 805 g/mol. The highest BCUT2D eigenvalue weighted by molar-refractivity contribution is 7.27. The lowest BCUT2D eigenvalue weighted by Gasteiger charge is -2.20. The molecule has 6 heteroatoms. The van der Waals surface area contributed by atoms with Crippen molar-refractivity contribution in [2.75, 3.05) is 0 Å². The molecule has 0 spiro atoms. The second-order valence-electron chi connectivity index (χ2n) is 16.3. The maximum Gasteiger partial charge on any atom is 0.0991 e. The number of benzene rings is 9. The standard InChI is InChI=1S/C57H32N4S2/c1-33-28-34(31-58)18-21-37(33)36-20-25-49(61-47-15-7-3-13-43(47)55-51(61)27-23-41-39-11-5-9-17-53(39)63-57(41)55)45(30-36)44-29-35(32-59)19-24-48(44)60-46-14-6-2-12-42(46)54-50(60)26-22-40-38-10-4-8-16-52(38)62-56(40)54/h2-30H,1H3. The molecule has 13 aromatic rings. The van der Waals surface area contributed by atoms with Crippen LogP contribution in [-0.4, -0.2) is 9.13 Å². The Kier molecular flexibility index (Phi) is 7.66. The normalized spacial score (nSPS) is 11.9. The number of fused-ring (bicyclic) bond motifs is 14. The summed E-state index contributed by atoms with van der Waals surface area (Å²) < 4.78 is 9.93. The molecular formula is C57H32N4S2. The zero-order valence-corrected chi connectivity index (χ0v) is 35.5. The summed E-state index contributed by atoms with van der Waals surface area (Å²) >= 11 is 3.70. The fourth-order valence-corrected chi connectivity index (χ4v) is 12.7. The molecule has 0 bridgehead atoms. The third kappa shape index (κ3) is 5.11. The van der Waals surface area contributed by atoms with Gasteiger partial charge in [0, 0.05) is 73.0 Å². The minimum atomic E-state index is 0.585. The molecule has 0 aliphatic heterocycles. The van der Waals surface area contributed by atoms with Crippen LogP contribution in [0.25, 0.3) is 118 Å². The Morgan fingerprint density at radius 3 is 1.43 bits per heavy atom. The Hall–Kier alpha value is -8.00. The molecule has 0 amide bonds. The van der Waals surface area contributed by atoms with Crippen LogP contribution < -0.4 is 0 Å². The first-order chi connectivity index (χ1) is 31.1. The van der Waals surface area contributed by atoms with Gasteiger partial charge in [-0.1, -0.05) is 97.1 Å². The van der Waals surface area contributed by atoms with Crippen molar-refractivity contribution in [3.05, 3.63) is 193 Å². The first-order valence-corrected chi connectivity index (χ1v) is 22.6. The van der Waals surface area contributed by atoms with E-state index in [2.05, 4.69) is 186 Å². The van der Waals surface area contributed by atoms with Crippen molar-refractivity contribution < 1.29 is 0 Å². The highest BCUT2D eigenvalue weighted by atomic mass is 32.1. The van der Waals surface area contributed by atoms with Gasteiger partial charge < -0.3 is 9.13 Å². The number of hydrogen-bond acceptors (Lipinski definition) is 4. The van der Waals surface area contributed by atoms with Gasteiger partial charge in [0.05, 0.1) is 56.7 Å². The molecule has 4 aromatic heterocycles. The van der Waals surface area contributed by atoms with Crippen molar-refractivity contribution in [2.45, 2.75) is 6.92 Å². The van der Waals surface area contributed by atoms with Crippen LogP contribution in [0, 0.1) is 29.6 Å². The maximum atomic E-state index is 10.6. The highest BCUT2D eigenvalue weighted by Gasteiger charge is 2.24. The summed E-state index contributed by atoms with van der Waals surface area (Å²) in [4.78, 5) is 0. The van der Waals surface area contributed by atoms with Crippen LogP contribution in [0.1, 0.15) is 16.7 Å². The number of rotatable bonds is 4. The van der Waals surface area contributed by atoms with E-state index < -0.39 is 0 Å². The van der Waals surface area contributed by atoms with Crippen molar-refractivity contribution in [2.24, 2.45) is 0 Å². The van der Waals surface area contributed by atoms with E-state index in [0.29, 0.717) is 11.1 Å². The van der Waals surface area contributed by atoms with Crippen molar-refractivity contribution in [3.8, 4) is 45.8 Å². The van der Waals surface area contributed by atoms with Gasteiger partial charge in [-0.05, 0) is 102 Å². The van der Waals surface area contributed by atoms with Crippen LogP contribution in [0.3, 0.4) is 0 Å². The smallest absolute Gasteiger partial charge is 0.0991 e. The number of para-hydroxylation sites is 2. The lowest BCUT2D eigenvalue weighted by atomic mass is 9.92. The van der Waals surface area contributed by atoms with Gasteiger partial charge in [-0.3, -0.25) is 0 Å². The highest BCUT2D eigenvalue weighted by Crippen LogP contribution is 2.48. The Morgan fingerprint density at radius 1 is 0.397 bits per heavy atom. The van der Waals surface area contributed by atoms with E-state index in [1.54, 1.807) is 0 Å². The lowest BCUT2D eigenvalue weighted by molar-refractivity contribution is 1.16. The summed E-state index contributed by atoms with van der Waals surface area (Å²) in [5.74, 6) is 0. The lowest BCUT2D eigenvalue weighted by Crippen LogP contribution is -2.02. The third-order valence-corrected chi connectivity index (χ3v) is 15.3. The van der Waals surface area contributed by atoms with Gasteiger partial charge in [0.15, 0.2) is 0 Å². The molecule has 4 heterocycles. The molecule has 0 fully saturated rings. The summed E-state index contributed by atoms with van der Waals surface area (Å²) in [6.45, 7) is 2.07. The van der Waals surface area contributed by atoms with Crippen LogP contribution in [0.2, 0.25) is 0 Å². The van der Waals surface area contributed by atoms with Crippen molar-refractivity contribution in [1.82, 2.24) is 9.13 Å². The minimum Gasteiger partial charge on any atom is -0.309 e. The second kappa shape index (κ2) is 13.5. The Balaban J connectivity index is 1.16. The zero-order chi connectivity index (χ0) is 41.9. The zero-order valence-electron chi connectivity index (χ0n) is 33.8. The minimum absolute atomic E-state index is 0.585. The molecule has 292 valence electrons. The third-order valence-electron chi connectivity index (χ3n) is 12.9. The average molecular weight is 837 g/mol. The summed E-state index contributed by atoms with van der Waals surface area (Å²) in [5.41, 5.74) is 12.7. The first kappa shape index (κ1) is 35.7.